The van der Waals surface area contributed by atoms with E-state index in [4.69, 9.17) is 0 Å². The van der Waals surface area contributed by atoms with Gasteiger partial charge < -0.3 is 4.98 Å². The minimum Gasteiger partial charge on any atom is -0.360 e. The van der Waals surface area contributed by atoms with Crippen molar-refractivity contribution >= 4 is 22.4 Å². The number of aromatic amines is 1. The number of benzene rings is 1. The Morgan fingerprint density at radius 2 is 2.05 bits per heavy atom. The number of aromatic nitrogens is 1. The molecule has 1 aromatic carbocycles. The fourth-order valence-corrected chi connectivity index (χ4v) is 3.22. The molecule has 0 radical (unpaired) electrons. The number of Topliss-reactive ketones (excluding diaryl/α,β-unsaturated/α-hetero) is 1. The number of ketones is 1. The largest absolute Gasteiger partial charge is 0.360 e. The van der Waals surface area contributed by atoms with Crippen LogP contribution >= 0.6 is 0 Å². The highest BCUT2D eigenvalue weighted by molar-refractivity contribution is 6.08. The number of nitro benzene ring substituents is 1. The summed E-state index contributed by atoms with van der Waals surface area (Å²) in [5.41, 5.74) is 1.34. The monoisotopic (exact) mass is 286 g/mol. The molecule has 1 heterocycles. The van der Waals surface area contributed by atoms with E-state index in [0.29, 0.717) is 23.4 Å². The van der Waals surface area contributed by atoms with E-state index in [1.54, 1.807) is 12.3 Å². The fourth-order valence-electron chi connectivity index (χ4n) is 3.22. The van der Waals surface area contributed by atoms with Crippen LogP contribution in [0.1, 0.15) is 48.9 Å². The van der Waals surface area contributed by atoms with Crippen LogP contribution in [0.4, 0.5) is 5.69 Å². The van der Waals surface area contributed by atoms with Gasteiger partial charge in [0.25, 0.3) is 5.69 Å². The molecule has 5 heteroatoms. The molecule has 0 bridgehead atoms. The first-order chi connectivity index (χ1) is 10.1. The first kappa shape index (κ1) is 13.8. The minimum atomic E-state index is -0.427. The number of nitro groups is 1. The lowest BCUT2D eigenvalue weighted by molar-refractivity contribution is -0.384. The van der Waals surface area contributed by atoms with Gasteiger partial charge in [0.2, 0.25) is 0 Å². The molecular formula is C16H18N2O3. The number of fused-ring (bicyclic) bond motifs is 1. The molecular weight excluding hydrogens is 268 g/mol. The third-order valence-corrected chi connectivity index (χ3v) is 4.38. The molecule has 110 valence electrons. The van der Waals surface area contributed by atoms with Gasteiger partial charge in [-0.05, 0) is 12.0 Å². The maximum absolute atomic E-state index is 12.5. The van der Waals surface area contributed by atoms with Crippen molar-refractivity contribution < 1.29 is 9.72 Å². The Kier molecular flexibility index (Phi) is 3.73. The highest BCUT2D eigenvalue weighted by Gasteiger charge is 2.20. The zero-order chi connectivity index (χ0) is 14.8. The van der Waals surface area contributed by atoms with Crippen molar-refractivity contribution in [2.24, 2.45) is 5.92 Å². The Morgan fingerprint density at radius 1 is 1.29 bits per heavy atom. The highest BCUT2D eigenvalue weighted by Crippen LogP contribution is 2.30. The first-order valence-electron chi connectivity index (χ1n) is 7.44. The van der Waals surface area contributed by atoms with E-state index in [0.717, 1.165) is 18.2 Å². The van der Waals surface area contributed by atoms with Crippen LogP contribution in [0.15, 0.2) is 24.4 Å². The average molecular weight is 286 g/mol. The standard InChI is InChI=1S/C16H18N2O3/c19-16(8-11-4-2-1-3-5-11)14-10-17-15-9-12(18(20)21)6-7-13(14)15/h6-7,9-11,17H,1-5,8H2. The van der Waals surface area contributed by atoms with E-state index in [2.05, 4.69) is 4.98 Å². The van der Waals surface area contributed by atoms with Crippen LogP contribution in [0, 0.1) is 16.0 Å². The predicted molar refractivity (Wildman–Crippen MR) is 80.5 cm³/mol. The highest BCUT2D eigenvalue weighted by atomic mass is 16.6. The Morgan fingerprint density at radius 3 is 2.76 bits per heavy atom. The van der Waals surface area contributed by atoms with Gasteiger partial charge in [-0.2, -0.15) is 0 Å². The lowest BCUT2D eigenvalue weighted by Gasteiger charge is -2.20. The van der Waals surface area contributed by atoms with Gasteiger partial charge in [0.15, 0.2) is 5.78 Å². The number of carbonyl (C=O) groups is 1. The smallest absolute Gasteiger partial charge is 0.271 e. The summed E-state index contributed by atoms with van der Waals surface area (Å²) in [6.45, 7) is 0. The van der Waals surface area contributed by atoms with E-state index in [9.17, 15) is 14.9 Å². The van der Waals surface area contributed by atoms with Gasteiger partial charge in [-0.25, -0.2) is 0 Å². The normalized spacial score (nSPS) is 16.2. The SMILES string of the molecule is O=C(CC1CCCCC1)c1c[nH]c2cc([N+](=O)[O-])ccc12. The number of H-pyrrole nitrogens is 1. The van der Waals surface area contributed by atoms with Crippen LogP contribution in [-0.2, 0) is 0 Å². The van der Waals surface area contributed by atoms with Crippen molar-refractivity contribution in [2.75, 3.05) is 0 Å². The third kappa shape index (κ3) is 2.82. The summed E-state index contributed by atoms with van der Waals surface area (Å²) in [5.74, 6) is 0.635. The summed E-state index contributed by atoms with van der Waals surface area (Å²) >= 11 is 0. The molecule has 0 amide bonds. The molecule has 21 heavy (non-hydrogen) atoms. The van der Waals surface area contributed by atoms with Gasteiger partial charge in [0, 0.05) is 35.7 Å². The van der Waals surface area contributed by atoms with Gasteiger partial charge in [-0.1, -0.05) is 32.1 Å². The molecule has 0 saturated heterocycles. The lowest BCUT2D eigenvalue weighted by atomic mass is 9.85. The Hall–Kier alpha value is -2.17. The van der Waals surface area contributed by atoms with Crippen LogP contribution in [-0.4, -0.2) is 15.7 Å². The minimum absolute atomic E-state index is 0.0376. The number of rotatable bonds is 4. The maximum Gasteiger partial charge on any atom is 0.271 e. The fraction of sp³-hybridized carbons (Fsp3) is 0.438. The van der Waals surface area contributed by atoms with Crippen molar-refractivity contribution in [3.8, 4) is 0 Å². The summed E-state index contributed by atoms with van der Waals surface area (Å²) in [5, 5.41) is 11.6. The topological polar surface area (TPSA) is 76.0 Å². The molecule has 1 fully saturated rings. The molecule has 0 atom stereocenters. The van der Waals surface area contributed by atoms with Crippen molar-refractivity contribution in [1.29, 1.82) is 0 Å². The van der Waals surface area contributed by atoms with E-state index in [-0.39, 0.29) is 11.5 Å². The zero-order valence-electron chi connectivity index (χ0n) is 11.8. The quantitative estimate of drug-likeness (QED) is 0.519. The van der Waals surface area contributed by atoms with Crippen LogP contribution < -0.4 is 0 Å². The molecule has 0 aliphatic heterocycles. The number of nitrogens with one attached hydrogen (secondary N) is 1. The second-order valence-electron chi connectivity index (χ2n) is 5.82. The number of hydrogen-bond donors (Lipinski definition) is 1. The van der Waals surface area contributed by atoms with Crippen LogP contribution in [0.25, 0.3) is 10.9 Å². The second kappa shape index (κ2) is 5.68. The van der Waals surface area contributed by atoms with Crippen molar-refractivity contribution in [3.63, 3.8) is 0 Å². The average Bonchev–Trinajstić information content (AvgIpc) is 2.91. The van der Waals surface area contributed by atoms with E-state index < -0.39 is 4.92 Å². The molecule has 1 aliphatic carbocycles. The van der Waals surface area contributed by atoms with E-state index in [1.807, 2.05) is 0 Å². The molecule has 0 unspecified atom stereocenters. The van der Waals surface area contributed by atoms with Crippen molar-refractivity contribution in [1.82, 2.24) is 4.98 Å². The van der Waals surface area contributed by atoms with Crippen LogP contribution in [0.3, 0.4) is 0 Å². The number of non-ortho nitro benzene ring substituents is 1. The number of nitrogens with zero attached hydrogens (tertiary/aromatic N) is 1. The van der Waals surface area contributed by atoms with Crippen molar-refractivity contribution in [2.45, 2.75) is 38.5 Å². The van der Waals surface area contributed by atoms with Crippen LogP contribution in [0.2, 0.25) is 0 Å². The molecule has 1 N–H and O–H groups in total. The van der Waals surface area contributed by atoms with E-state index >= 15 is 0 Å². The molecule has 5 nitrogen and oxygen atoms in total. The summed E-state index contributed by atoms with van der Waals surface area (Å²) in [6, 6.07) is 4.60. The molecule has 1 aromatic heterocycles. The summed E-state index contributed by atoms with van der Waals surface area (Å²) < 4.78 is 0. The maximum atomic E-state index is 12.5. The number of hydrogen-bond acceptors (Lipinski definition) is 3. The van der Waals surface area contributed by atoms with Gasteiger partial charge >= 0.3 is 0 Å². The lowest BCUT2D eigenvalue weighted by Crippen LogP contribution is -2.12. The molecule has 2 aromatic rings. The van der Waals surface area contributed by atoms with Crippen LogP contribution in [0.5, 0.6) is 0 Å². The van der Waals surface area contributed by atoms with E-state index in [1.165, 1.54) is 31.4 Å². The molecule has 0 spiro atoms. The zero-order valence-corrected chi connectivity index (χ0v) is 11.8. The van der Waals surface area contributed by atoms with Crippen molar-refractivity contribution in [3.05, 3.63) is 40.1 Å². The summed E-state index contributed by atoms with van der Waals surface area (Å²) in [6.07, 6.45) is 8.26. The van der Waals surface area contributed by atoms with Gasteiger partial charge in [-0.15, -0.1) is 0 Å². The number of carbonyl (C=O) groups excluding carboxylic acids is 1. The predicted octanol–water partition coefficient (Wildman–Crippen LogP) is 4.23. The third-order valence-electron chi connectivity index (χ3n) is 4.38. The van der Waals surface area contributed by atoms with Gasteiger partial charge in [-0.3, -0.25) is 14.9 Å². The summed E-state index contributed by atoms with van der Waals surface area (Å²) in [7, 11) is 0. The molecule has 3 rings (SSSR count). The first-order valence-corrected chi connectivity index (χ1v) is 7.44. The Balaban J connectivity index is 1.83. The van der Waals surface area contributed by atoms with Gasteiger partial charge in [0.1, 0.15) is 0 Å². The summed E-state index contributed by atoms with van der Waals surface area (Å²) in [4.78, 5) is 25.8. The van der Waals surface area contributed by atoms with Gasteiger partial charge in [0.05, 0.1) is 10.4 Å². The Bertz CT molecular complexity index is 684. The molecule has 1 saturated carbocycles. The second-order valence-corrected chi connectivity index (χ2v) is 5.82. The molecule has 1 aliphatic rings. The Labute approximate surface area is 122 Å².